The molecule has 0 bridgehead atoms. The van der Waals surface area contributed by atoms with E-state index in [1.54, 1.807) is 6.07 Å². The number of benzene rings is 1. The van der Waals surface area contributed by atoms with Crippen molar-refractivity contribution in [2.45, 2.75) is 63.7 Å². The molecule has 1 aromatic carbocycles. The highest BCUT2D eigenvalue weighted by atomic mass is 19.1. The van der Waals surface area contributed by atoms with E-state index in [1.165, 1.54) is 44.1 Å². The van der Waals surface area contributed by atoms with Crippen molar-refractivity contribution in [2.24, 2.45) is 13.0 Å². The highest BCUT2D eigenvalue weighted by Gasteiger charge is 2.28. The normalized spacial score (nSPS) is 17.1. The van der Waals surface area contributed by atoms with Gasteiger partial charge in [0.25, 0.3) is 5.91 Å². The second kappa shape index (κ2) is 13.8. The number of esters is 1. The maximum absolute atomic E-state index is 14.4. The summed E-state index contributed by atoms with van der Waals surface area (Å²) in [7, 11) is 5.33. The van der Waals surface area contributed by atoms with Crippen LogP contribution in [0.15, 0.2) is 18.2 Å². The largest absolute Gasteiger partial charge is 0.483 e. The number of nitrogens with zero attached hydrogens (tertiary/aromatic N) is 1. The van der Waals surface area contributed by atoms with Gasteiger partial charge in [-0.1, -0.05) is 31.8 Å². The van der Waals surface area contributed by atoms with Crippen LogP contribution in [0.25, 0.3) is 23.4 Å². The van der Waals surface area contributed by atoms with Crippen LogP contribution in [-0.2, 0) is 21.4 Å². The molecule has 1 unspecified atom stereocenters. The second-order valence-electron chi connectivity index (χ2n) is 10.6. The van der Waals surface area contributed by atoms with Gasteiger partial charge in [0.2, 0.25) is 0 Å². The van der Waals surface area contributed by atoms with Crippen molar-refractivity contribution in [3.05, 3.63) is 40.1 Å². The summed E-state index contributed by atoms with van der Waals surface area (Å²) in [5.41, 5.74) is 2.95. The number of rotatable bonds is 12. The van der Waals surface area contributed by atoms with E-state index in [1.807, 2.05) is 20.2 Å². The standard InChI is InChI=1S/C31H42FN3O4/c1-33-16-8-5-9-17-34-28(36)20-39-27-19-23(32)13-15-25(27)30-29(21-10-6-4-7-11-21)24-14-12-22(31(37)38-3)18-26(24)35(30)2/h13-15,18-19,21-22,33H,4-12,16-17,20H2,1-3H3,(H,34,36). The summed E-state index contributed by atoms with van der Waals surface area (Å²) in [6.45, 7) is 1.37. The molecule has 1 heterocycles. The number of hydrogen-bond acceptors (Lipinski definition) is 5. The summed E-state index contributed by atoms with van der Waals surface area (Å²) in [5.74, 6) is -0.515. The number of fused-ring (bicyclic) bond motifs is 1. The first-order valence-electron chi connectivity index (χ1n) is 14.3. The van der Waals surface area contributed by atoms with Gasteiger partial charge in [0.05, 0.1) is 18.7 Å². The average molecular weight is 540 g/mol. The SMILES string of the molecule is CNCCCCCNC(=O)COc1cc(F)ccc1-c1c(C2CCCCC2)c2c(n1C)=CC(C(=O)OC)CC=2. The number of carbonyl (C=O) groups is 2. The predicted octanol–water partition coefficient (Wildman–Crippen LogP) is 3.52. The molecule has 0 spiro atoms. The lowest BCUT2D eigenvalue weighted by Gasteiger charge is -2.24. The maximum Gasteiger partial charge on any atom is 0.312 e. The average Bonchev–Trinajstić information content (AvgIpc) is 3.25. The van der Waals surface area contributed by atoms with Gasteiger partial charge in [0, 0.05) is 30.6 Å². The Kier molecular flexibility index (Phi) is 10.2. The van der Waals surface area contributed by atoms with Crippen molar-refractivity contribution in [2.75, 3.05) is 33.9 Å². The molecule has 0 radical (unpaired) electrons. The Morgan fingerprint density at radius 2 is 1.87 bits per heavy atom. The molecule has 39 heavy (non-hydrogen) atoms. The molecule has 8 heteroatoms. The van der Waals surface area contributed by atoms with Gasteiger partial charge in [0.1, 0.15) is 11.6 Å². The summed E-state index contributed by atoms with van der Waals surface area (Å²) < 4.78 is 27.5. The van der Waals surface area contributed by atoms with Crippen LogP contribution in [0.3, 0.4) is 0 Å². The fourth-order valence-corrected chi connectivity index (χ4v) is 5.95. The molecule has 2 aliphatic rings. The number of nitrogens with one attached hydrogen (secondary N) is 2. The zero-order chi connectivity index (χ0) is 27.8. The molecule has 1 fully saturated rings. The summed E-state index contributed by atoms with van der Waals surface area (Å²) in [5, 5.41) is 8.14. The smallest absolute Gasteiger partial charge is 0.312 e. The summed E-state index contributed by atoms with van der Waals surface area (Å²) >= 11 is 0. The number of methoxy groups -OCH3 is 1. The predicted molar refractivity (Wildman–Crippen MR) is 151 cm³/mol. The van der Waals surface area contributed by atoms with Gasteiger partial charge in [-0.05, 0) is 80.6 Å². The maximum atomic E-state index is 14.4. The third-order valence-electron chi connectivity index (χ3n) is 7.95. The number of unbranched alkanes of at least 4 members (excludes halogenated alkanes) is 2. The van der Waals surface area contributed by atoms with Gasteiger partial charge in [0.15, 0.2) is 6.61 Å². The topological polar surface area (TPSA) is 81.6 Å². The third kappa shape index (κ3) is 6.90. The highest BCUT2D eigenvalue weighted by Crippen LogP contribution is 2.39. The monoisotopic (exact) mass is 539 g/mol. The van der Waals surface area contributed by atoms with E-state index >= 15 is 0 Å². The number of carbonyl (C=O) groups excluding carboxylic acids is 2. The van der Waals surface area contributed by atoms with Crippen LogP contribution in [0, 0.1) is 11.7 Å². The van der Waals surface area contributed by atoms with E-state index in [2.05, 4.69) is 21.3 Å². The molecule has 4 rings (SSSR count). The van der Waals surface area contributed by atoms with Crippen LogP contribution < -0.4 is 25.9 Å². The summed E-state index contributed by atoms with van der Waals surface area (Å²) in [4.78, 5) is 24.9. The summed E-state index contributed by atoms with van der Waals surface area (Å²) in [6.07, 6.45) is 13.5. The Morgan fingerprint density at radius 3 is 2.62 bits per heavy atom. The number of amides is 1. The fraction of sp³-hybridized carbons (Fsp3) is 0.548. The molecule has 0 aliphatic heterocycles. The molecule has 7 nitrogen and oxygen atoms in total. The number of hydrogen-bond donors (Lipinski definition) is 2. The van der Waals surface area contributed by atoms with Crippen LogP contribution in [0.1, 0.15) is 69.3 Å². The van der Waals surface area contributed by atoms with Gasteiger partial charge in [-0.2, -0.15) is 0 Å². The molecular formula is C31H42FN3O4. The molecule has 2 aromatic rings. The van der Waals surface area contributed by atoms with E-state index in [9.17, 15) is 14.0 Å². The fourth-order valence-electron chi connectivity index (χ4n) is 5.95. The lowest BCUT2D eigenvalue weighted by molar-refractivity contribution is -0.143. The van der Waals surface area contributed by atoms with Crippen LogP contribution >= 0.6 is 0 Å². The minimum atomic E-state index is -0.416. The first-order chi connectivity index (χ1) is 18.9. The van der Waals surface area contributed by atoms with E-state index < -0.39 is 5.82 Å². The lowest BCUT2D eigenvalue weighted by Crippen LogP contribution is -2.35. The molecule has 1 amide bonds. The highest BCUT2D eigenvalue weighted by molar-refractivity contribution is 5.82. The van der Waals surface area contributed by atoms with Crippen molar-refractivity contribution in [1.82, 2.24) is 15.2 Å². The molecule has 2 N–H and O–H groups in total. The van der Waals surface area contributed by atoms with Crippen molar-refractivity contribution >= 4 is 24.0 Å². The molecule has 1 atom stereocenters. The molecule has 1 aromatic heterocycles. The zero-order valence-corrected chi connectivity index (χ0v) is 23.5. The number of halogens is 1. The Labute approximate surface area is 230 Å². The third-order valence-corrected chi connectivity index (χ3v) is 7.95. The Bertz CT molecular complexity index is 1280. The van der Waals surface area contributed by atoms with Gasteiger partial charge in [-0.25, -0.2) is 4.39 Å². The number of aromatic nitrogens is 1. The van der Waals surface area contributed by atoms with Crippen molar-refractivity contribution in [3.8, 4) is 17.0 Å². The van der Waals surface area contributed by atoms with Gasteiger partial charge in [-0.15, -0.1) is 0 Å². The zero-order valence-electron chi connectivity index (χ0n) is 23.5. The van der Waals surface area contributed by atoms with E-state index in [0.29, 0.717) is 24.6 Å². The second-order valence-corrected chi connectivity index (χ2v) is 10.6. The molecular weight excluding hydrogens is 497 g/mol. The number of ether oxygens (including phenoxy) is 2. The van der Waals surface area contributed by atoms with Gasteiger partial charge < -0.3 is 24.7 Å². The van der Waals surface area contributed by atoms with Crippen LogP contribution in [0.2, 0.25) is 0 Å². The Morgan fingerprint density at radius 1 is 1.10 bits per heavy atom. The molecule has 0 saturated heterocycles. The lowest BCUT2D eigenvalue weighted by atomic mass is 9.81. The van der Waals surface area contributed by atoms with Crippen LogP contribution in [0.5, 0.6) is 5.75 Å². The van der Waals surface area contributed by atoms with E-state index in [0.717, 1.165) is 60.5 Å². The first kappa shape index (κ1) is 28.9. The molecule has 212 valence electrons. The first-order valence-corrected chi connectivity index (χ1v) is 14.3. The quantitative estimate of drug-likeness (QED) is 0.319. The van der Waals surface area contributed by atoms with Crippen molar-refractivity contribution in [3.63, 3.8) is 0 Å². The van der Waals surface area contributed by atoms with Crippen molar-refractivity contribution < 1.29 is 23.5 Å². The Balaban J connectivity index is 1.65. The summed E-state index contributed by atoms with van der Waals surface area (Å²) in [6, 6.07) is 4.55. The van der Waals surface area contributed by atoms with Gasteiger partial charge >= 0.3 is 5.97 Å². The molecule has 2 aliphatic carbocycles. The van der Waals surface area contributed by atoms with Crippen LogP contribution in [-0.4, -0.2) is 50.3 Å². The van der Waals surface area contributed by atoms with E-state index in [-0.39, 0.29) is 24.4 Å². The minimum Gasteiger partial charge on any atom is -0.483 e. The minimum absolute atomic E-state index is 0.182. The van der Waals surface area contributed by atoms with Crippen LogP contribution in [0.4, 0.5) is 4.39 Å². The van der Waals surface area contributed by atoms with E-state index in [4.69, 9.17) is 9.47 Å². The molecule has 1 saturated carbocycles. The van der Waals surface area contributed by atoms with Crippen molar-refractivity contribution in [1.29, 1.82) is 0 Å². The van der Waals surface area contributed by atoms with Gasteiger partial charge in [-0.3, -0.25) is 9.59 Å². The Hall–Kier alpha value is -3.13.